The van der Waals surface area contributed by atoms with E-state index in [-0.39, 0.29) is 11.9 Å². The summed E-state index contributed by atoms with van der Waals surface area (Å²) in [6.07, 6.45) is 1.34. The molecule has 0 radical (unpaired) electrons. The minimum absolute atomic E-state index is 0.141. The highest BCUT2D eigenvalue weighted by Crippen LogP contribution is 2.36. The summed E-state index contributed by atoms with van der Waals surface area (Å²) in [7, 11) is 0. The standard InChI is InChI=1S/C13H18N2OS/c1-8-4-3-5-10(13(14)15)12(8)17-11-6-7-16-9(11)2/h3-5,9,11H,6-7H2,1-2H3,(H3,14,15). The summed E-state index contributed by atoms with van der Waals surface area (Å²) in [5, 5.41) is 8.10. The number of rotatable bonds is 3. The molecule has 0 aliphatic carbocycles. The van der Waals surface area contributed by atoms with Crippen LogP contribution in [0, 0.1) is 12.3 Å². The third-order valence-electron chi connectivity index (χ3n) is 3.08. The number of nitrogens with one attached hydrogen (secondary N) is 1. The number of hydrogen-bond donors (Lipinski definition) is 2. The Morgan fingerprint density at radius 3 is 2.88 bits per heavy atom. The minimum Gasteiger partial charge on any atom is -0.384 e. The number of aryl methyl sites for hydroxylation is 1. The fourth-order valence-electron chi connectivity index (χ4n) is 2.04. The summed E-state index contributed by atoms with van der Waals surface area (Å²) in [6, 6.07) is 5.93. The zero-order valence-corrected chi connectivity index (χ0v) is 11.0. The van der Waals surface area contributed by atoms with Crippen molar-refractivity contribution in [3.05, 3.63) is 29.3 Å². The van der Waals surface area contributed by atoms with Gasteiger partial charge < -0.3 is 10.5 Å². The molecule has 1 fully saturated rings. The molecular formula is C13H18N2OS. The number of hydrogen-bond acceptors (Lipinski definition) is 3. The fraction of sp³-hybridized carbons (Fsp3) is 0.462. The van der Waals surface area contributed by atoms with Gasteiger partial charge in [-0.05, 0) is 25.8 Å². The lowest BCUT2D eigenvalue weighted by Crippen LogP contribution is -2.17. The first-order chi connectivity index (χ1) is 8.09. The first kappa shape index (κ1) is 12.5. The van der Waals surface area contributed by atoms with Gasteiger partial charge in [0.2, 0.25) is 0 Å². The van der Waals surface area contributed by atoms with Crippen molar-refractivity contribution >= 4 is 17.6 Å². The van der Waals surface area contributed by atoms with Crippen molar-refractivity contribution in [2.45, 2.75) is 36.5 Å². The number of nitrogen functional groups attached to an aromatic ring is 1. The van der Waals surface area contributed by atoms with Gasteiger partial charge in [0.1, 0.15) is 5.84 Å². The van der Waals surface area contributed by atoms with Gasteiger partial charge in [-0.1, -0.05) is 18.2 Å². The first-order valence-corrected chi connectivity index (χ1v) is 6.70. The maximum absolute atomic E-state index is 7.63. The zero-order chi connectivity index (χ0) is 12.4. The van der Waals surface area contributed by atoms with Crippen LogP contribution in [0.3, 0.4) is 0 Å². The summed E-state index contributed by atoms with van der Waals surface area (Å²) in [5.41, 5.74) is 7.66. The molecule has 0 aromatic heterocycles. The highest BCUT2D eigenvalue weighted by atomic mass is 32.2. The Morgan fingerprint density at radius 2 is 2.29 bits per heavy atom. The number of benzene rings is 1. The lowest BCUT2D eigenvalue weighted by atomic mass is 10.1. The third kappa shape index (κ3) is 2.64. The molecule has 2 rings (SSSR count). The fourth-order valence-corrected chi connectivity index (χ4v) is 3.39. The van der Waals surface area contributed by atoms with Gasteiger partial charge in [0.25, 0.3) is 0 Å². The van der Waals surface area contributed by atoms with Crippen LogP contribution in [0.5, 0.6) is 0 Å². The predicted octanol–water partition coefficient (Wildman–Crippen LogP) is 2.55. The van der Waals surface area contributed by atoms with Crippen molar-refractivity contribution in [1.29, 1.82) is 5.41 Å². The molecule has 1 aliphatic rings. The van der Waals surface area contributed by atoms with Crippen molar-refractivity contribution in [2.24, 2.45) is 5.73 Å². The number of ether oxygens (including phenoxy) is 1. The molecule has 2 unspecified atom stereocenters. The minimum atomic E-state index is 0.141. The number of amidine groups is 1. The van der Waals surface area contributed by atoms with Crippen LogP contribution in [0.15, 0.2) is 23.1 Å². The summed E-state index contributed by atoms with van der Waals surface area (Å²) in [4.78, 5) is 1.13. The lowest BCUT2D eigenvalue weighted by molar-refractivity contribution is 0.127. The van der Waals surface area contributed by atoms with Crippen molar-refractivity contribution in [2.75, 3.05) is 6.61 Å². The monoisotopic (exact) mass is 250 g/mol. The average Bonchev–Trinajstić information content (AvgIpc) is 2.67. The molecule has 3 N–H and O–H groups in total. The maximum atomic E-state index is 7.63. The van der Waals surface area contributed by atoms with Crippen molar-refractivity contribution < 1.29 is 4.74 Å². The molecule has 0 amide bonds. The van der Waals surface area contributed by atoms with E-state index in [9.17, 15) is 0 Å². The van der Waals surface area contributed by atoms with E-state index in [2.05, 4.69) is 19.9 Å². The third-order valence-corrected chi connectivity index (χ3v) is 4.78. The molecule has 0 bridgehead atoms. The van der Waals surface area contributed by atoms with Gasteiger partial charge in [-0.25, -0.2) is 0 Å². The van der Waals surface area contributed by atoms with E-state index in [0.29, 0.717) is 5.25 Å². The summed E-state index contributed by atoms with van der Waals surface area (Å²) in [5.74, 6) is 0.141. The van der Waals surface area contributed by atoms with Crippen LogP contribution in [0.1, 0.15) is 24.5 Å². The van der Waals surface area contributed by atoms with Gasteiger partial charge in [0.15, 0.2) is 0 Å². The van der Waals surface area contributed by atoms with Gasteiger partial charge >= 0.3 is 0 Å². The topological polar surface area (TPSA) is 59.1 Å². The lowest BCUT2D eigenvalue weighted by Gasteiger charge is -2.17. The Labute approximate surface area is 106 Å². The highest BCUT2D eigenvalue weighted by molar-refractivity contribution is 8.00. The van der Waals surface area contributed by atoms with E-state index < -0.39 is 0 Å². The molecule has 4 heteroatoms. The Bertz CT molecular complexity index is 433. The van der Waals surface area contributed by atoms with Gasteiger partial charge in [0.05, 0.1) is 6.10 Å². The second kappa shape index (κ2) is 5.10. The second-order valence-electron chi connectivity index (χ2n) is 4.39. The molecule has 17 heavy (non-hydrogen) atoms. The molecular weight excluding hydrogens is 232 g/mol. The van der Waals surface area contributed by atoms with E-state index in [1.807, 2.05) is 12.1 Å². The molecule has 92 valence electrons. The second-order valence-corrected chi connectivity index (χ2v) is 5.64. The molecule has 0 saturated carbocycles. The predicted molar refractivity (Wildman–Crippen MR) is 71.9 cm³/mol. The molecule has 0 spiro atoms. The Morgan fingerprint density at radius 1 is 1.53 bits per heavy atom. The largest absolute Gasteiger partial charge is 0.384 e. The zero-order valence-electron chi connectivity index (χ0n) is 10.2. The van der Waals surface area contributed by atoms with Gasteiger partial charge in [-0.15, -0.1) is 11.8 Å². The van der Waals surface area contributed by atoms with Crippen molar-refractivity contribution in [3.63, 3.8) is 0 Å². The SMILES string of the molecule is Cc1cccc(C(=N)N)c1SC1CCOC1C. The molecule has 1 aliphatic heterocycles. The average molecular weight is 250 g/mol. The van der Waals surface area contributed by atoms with Crippen LogP contribution < -0.4 is 5.73 Å². The molecule has 1 aromatic carbocycles. The van der Waals surface area contributed by atoms with E-state index in [4.69, 9.17) is 15.9 Å². The first-order valence-electron chi connectivity index (χ1n) is 5.82. The van der Waals surface area contributed by atoms with Crippen molar-refractivity contribution in [1.82, 2.24) is 0 Å². The molecule has 3 nitrogen and oxygen atoms in total. The quantitative estimate of drug-likeness (QED) is 0.640. The Kier molecular flexibility index (Phi) is 3.74. The van der Waals surface area contributed by atoms with Crippen LogP contribution in [-0.4, -0.2) is 23.8 Å². The molecule has 2 atom stereocenters. The van der Waals surface area contributed by atoms with E-state index in [1.54, 1.807) is 11.8 Å². The smallest absolute Gasteiger partial charge is 0.123 e. The Balaban J connectivity index is 2.27. The highest BCUT2D eigenvalue weighted by Gasteiger charge is 2.26. The summed E-state index contributed by atoms with van der Waals surface area (Å²) in [6.45, 7) is 5.01. The van der Waals surface area contributed by atoms with Crippen LogP contribution in [0.25, 0.3) is 0 Å². The van der Waals surface area contributed by atoms with E-state index in [0.717, 1.165) is 23.5 Å². The van der Waals surface area contributed by atoms with E-state index in [1.165, 1.54) is 5.56 Å². The van der Waals surface area contributed by atoms with Crippen LogP contribution in [0.2, 0.25) is 0 Å². The molecule has 1 saturated heterocycles. The van der Waals surface area contributed by atoms with Crippen molar-refractivity contribution in [3.8, 4) is 0 Å². The summed E-state index contributed by atoms with van der Waals surface area (Å²) < 4.78 is 5.57. The Hall–Kier alpha value is -1.00. The molecule has 1 aromatic rings. The van der Waals surface area contributed by atoms with Gasteiger partial charge in [-0.2, -0.15) is 0 Å². The number of thioether (sulfide) groups is 1. The van der Waals surface area contributed by atoms with Crippen LogP contribution in [0.4, 0.5) is 0 Å². The van der Waals surface area contributed by atoms with E-state index >= 15 is 0 Å². The van der Waals surface area contributed by atoms with Crippen LogP contribution >= 0.6 is 11.8 Å². The van der Waals surface area contributed by atoms with Gasteiger partial charge in [-0.3, -0.25) is 5.41 Å². The summed E-state index contributed by atoms with van der Waals surface area (Å²) >= 11 is 1.80. The normalized spacial score (nSPS) is 23.9. The van der Waals surface area contributed by atoms with Gasteiger partial charge in [0, 0.05) is 22.3 Å². The van der Waals surface area contributed by atoms with Crippen LogP contribution in [-0.2, 0) is 4.74 Å². The maximum Gasteiger partial charge on any atom is 0.123 e. The number of nitrogens with two attached hydrogens (primary N) is 1. The molecule has 1 heterocycles.